The Balaban J connectivity index is 1.46. The van der Waals surface area contributed by atoms with Gasteiger partial charge in [-0.25, -0.2) is 4.79 Å². The second kappa shape index (κ2) is 11.2. The van der Waals surface area contributed by atoms with E-state index in [0.29, 0.717) is 26.8 Å². The first-order valence-electron chi connectivity index (χ1n) is 10.8. The minimum absolute atomic E-state index is 0.00117. The van der Waals surface area contributed by atoms with Gasteiger partial charge in [0.2, 0.25) is 11.8 Å². The van der Waals surface area contributed by atoms with Gasteiger partial charge >= 0.3 is 6.03 Å². The molecule has 4 rings (SSSR count). The number of thioether (sulfide) groups is 1. The molecule has 1 fully saturated rings. The number of nitrogens with one attached hydrogen (secondary N) is 1. The first-order valence-corrected chi connectivity index (χ1v) is 12.5. The van der Waals surface area contributed by atoms with E-state index in [0.717, 1.165) is 10.6 Å². The van der Waals surface area contributed by atoms with Crippen molar-refractivity contribution in [2.75, 3.05) is 19.8 Å². The number of ether oxygens (including phenoxy) is 1. The zero-order chi connectivity index (χ0) is 25.8. The van der Waals surface area contributed by atoms with E-state index in [1.807, 2.05) is 30.3 Å². The van der Waals surface area contributed by atoms with Crippen LogP contribution in [0.15, 0.2) is 53.7 Å². The van der Waals surface area contributed by atoms with Crippen LogP contribution in [0.5, 0.6) is 5.75 Å². The molecule has 0 spiro atoms. The first kappa shape index (κ1) is 25.8. The second-order valence-corrected chi connectivity index (χ2v) is 9.61. The summed E-state index contributed by atoms with van der Waals surface area (Å²) in [5.41, 5.74) is 0.796. The van der Waals surface area contributed by atoms with Crippen LogP contribution >= 0.6 is 35.0 Å². The molecule has 0 aliphatic carbocycles. The molecule has 1 atom stereocenters. The fraction of sp³-hybridized carbons (Fsp3) is 0.261. The number of urea groups is 1. The van der Waals surface area contributed by atoms with Crippen molar-refractivity contribution >= 4 is 52.8 Å². The third-order valence-corrected chi connectivity index (χ3v) is 7.10. The fourth-order valence-corrected chi connectivity index (χ4v) is 4.53. The van der Waals surface area contributed by atoms with E-state index < -0.39 is 12.2 Å². The van der Waals surface area contributed by atoms with Crippen molar-refractivity contribution in [2.45, 2.75) is 24.3 Å². The Morgan fingerprint density at radius 3 is 2.58 bits per heavy atom. The molecule has 0 bridgehead atoms. The lowest BCUT2D eigenvalue weighted by Crippen LogP contribution is -2.59. The first-order chi connectivity index (χ1) is 17.2. The molecule has 1 N–H and O–H groups in total. The monoisotopic (exact) mass is 548 g/mol. The lowest BCUT2D eigenvalue weighted by molar-refractivity contribution is -0.132. The third kappa shape index (κ3) is 5.75. The highest BCUT2D eigenvalue weighted by molar-refractivity contribution is 7.99. The van der Waals surface area contributed by atoms with Gasteiger partial charge in [0.15, 0.2) is 11.0 Å². The van der Waals surface area contributed by atoms with Gasteiger partial charge in [0, 0.05) is 25.8 Å². The van der Waals surface area contributed by atoms with Crippen LogP contribution in [0, 0.1) is 0 Å². The zero-order valence-corrected chi connectivity index (χ0v) is 21.7. The van der Waals surface area contributed by atoms with Gasteiger partial charge in [-0.2, -0.15) is 0 Å². The van der Waals surface area contributed by atoms with Crippen molar-refractivity contribution in [3.63, 3.8) is 0 Å². The normalized spacial score (nSPS) is 15.8. The summed E-state index contributed by atoms with van der Waals surface area (Å²) in [6.45, 7) is 0.0945. The van der Waals surface area contributed by atoms with Gasteiger partial charge in [-0.3, -0.25) is 19.1 Å². The second-order valence-electron chi connectivity index (χ2n) is 7.86. The molecule has 4 amide bonds. The Labute approximate surface area is 221 Å². The molecule has 36 heavy (non-hydrogen) atoms. The number of nitrogens with zero attached hydrogens (tertiary/aromatic N) is 5. The van der Waals surface area contributed by atoms with Crippen molar-refractivity contribution in [1.29, 1.82) is 0 Å². The summed E-state index contributed by atoms with van der Waals surface area (Å²) in [5.74, 6) is 0.333. The lowest BCUT2D eigenvalue weighted by Gasteiger charge is -2.36. The number of imide groups is 1. The summed E-state index contributed by atoms with van der Waals surface area (Å²) in [6, 6.07) is 13.9. The number of amides is 4. The quantitative estimate of drug-likeness (QED) is 0.428. The Morgan fingerprint density at radius 1 is 1.11 bits per heavy atom. The lowest BCUT2D eigenvalue weighted by atomic mass is 10.2. The predicted octanol–water partition coefficient (Wildman–Crippen LogP) is 3.60. The largest absolute Gasteiger partial charge is 0.486 e. The topological polar surface area (TPSA) is 110 Å². The molecule has 1 saturated heterocycles. The molecule has 1 aliphatic rings. The molecule has 2 aromatic carbocycles. The smallest absolute Gasteiger partial charge is 0.327 e. The highest BCUT2D eigenvalue weighted by Crippen LogP contribution is 2.28. The summed E-state index contributed by atoms with van der Waals surface area (Å²) in [6.07, 6.45) is -0.706. The van der Waals surface area contributed by atoms with Crippen LogP contribution in [-0.2, 0) is 16.2 Å². The van der Waals surface area contributed by atoms with Gasteiger partial charge < -0.3 is 15.0 Å². The van der Waals surface area contributed by atoms with Crippen LogP contribution in [0.2, 0.25) is 10.0 Å². The van der Waals surface area contributed by atoms with E-state index in [-0.39, 0.29) is 30.6 Å². The molecule has 1 unspecified atom stereocenters. The number of carbonyl (C=O) groups excluding carboxylic acids is 3. The van der Waals surface area contributed by atoms with Crippen molar-refractivity contribution in [3.05, 3.63) is 64.4 Å². The van der Waals surface area contributed by atoms with Crippen LogP contribution < -0.4 is 10.1 Å². The maximum Gasteiger partial charge on any atom is 0.327 e. The van der Waals surface area contributed by atoms with E-state index in [1.165, 1.54) is 30.8 Å². The Hall–Kier alpha value is -3.28. The van der Waals surface area contributed by atoms with Crippen LogP contribution in [0.4, 0.5) is 4.79 Å². The van der Waals surface area contributed by atoms with Gasteiger partial charge in [-0.1, -0.05) is 53.2 Å². The third-order valence-electron chi connectivity index (χ3n) is 5.43. The number of rotatable bonds is 8. The average Bonchev–Trinajstić information content (AvgIpc) is 3.28. The molecule has 13 heteroatoms. The number of aromatic nitrogens is 3. The van der Waals surface area contributed by atoms with E-state index in [4.69, 9.17) is 27.9 Å². The SMILES string of the molecule is CN1C(=O)CC(NC(=O)CSc2nnc(COc3ccc(Cl)c(Cl)c3)n2-c2ccccc2)N(C)C1=O. The van der Waals surface area contributed by atoms with E-state index in [9.17, 15) is 14.4 Å². The highest BCUT2D eigenvalue weighted by Gasteiger charge is 2.35. The summed E-state index contributed by atoms with van der Waals surface area (Å²) in [5, 5.41) is 12.5. The Morgan fingerprint density at radius 2 is 1.86 bits per heavy atom. The number of hydrogen-bond donors (Lipinski definition) is 1. The van der Waals surface area contributed by atoms with Crippen molar-refractivity contribution in [3.8, 4) is 11.4 Å². The Bertz CT molecular complexity index is 1290. The van der Waals surface area contributed by atoms with Crippen molar-refractivity contribution < 1.29 is 19.1 Å². The van der Waals surface area contributed by atoms with Crippen LogP contribution in [-0.4, -0.2) is 68.4 Å². The van der Waals surface area contributed by atoms with E-state index in [2.05, 4.69) is 15.5 Å². The molecule has 188 valence electrons. The van der Waals surface area contributed by atoms with E-state index >= 15 is 0 Å². The Kier molecular flexibility index (Phi) is 8.02. The number of carbonyl (C=O) groups is 3. The minimum atomic E-state index is -0.712. The molecule has 1 aliphatic heterocycles. The minimum Gasteiger partial charge on any atom is -0.486 e. The summed E-state index contributed by atoms with van der Waals surface area (Å²) < 4.78 is 7.64. The van der Waals surface area contributed by atoms with Gasteiger partial charge in [0.1, 0.15) is 18.5 Å². The molecule has 3 aromatic rings. The van der Waals surface area contributed by atoms with Crippen LogP contribution in [0.1, 0.15) is 12.2 Å². The average molecular weight is 549 g/mol. The molecule has 10 nitrogen and oxygen atoms in total. The predicted molar refractivity (Wildman–Crippen MR) is 135 cm³/mol. The summed E-state index contributed by atoms with van der Waals surface area (Å²) in [4.78, 5) is 39.1. The van der Waals surface area contributed by atoms with Gasteiger partial charge in [-0.05, 0) is 24.3 Å². The molecule has 2 heterocycles. The molecular weight excluding hydrogens is 527 g/mol. The summed E-state index contributed by atoms with van der Waals surface area (Å²) in [7, 11) is 2.95. The maximum absolute atomic E-state index is 12.6. The maximum atomic E-state index is 12.6. The standard InChI is InChI=1S/C23H22Cl2N6O4S/c1-29-18(11-21(33)30(2)23(29)34)26-20(32)13-36-22-28-27-19(31(22)14-6-4-3-5-7-14)12-35-15-8-9-16(24)17(25)10-15/h3-10,18H,11-13H2,1-2H3,(H,26,32). The molecule has 1 aromatic heterocycles. The number of benzene rings is 2. The summed E-state index contributed by atoms with van der Waals surface area (Å²) >= 11 is 13.2. The molecule has 0 saturated carbocycles. The fourth-order valence-electron chi connectivity index (χ4n) is 3.46. The van der Waals surface area contributed by atoms with E-state index in [1.54, 1.807) is 22.8 Å². The number of hydrogen-bond acceptors (Lipinski definition) is 7. The number of para-hydroxylation sites is 1. The number of halogens is 2. The van der Waals surface area contributed by atoms with Gasteiger partial charge in [-0.15, -0.1) is 10.2 Å². The van der Waals surface area contributed by atoms with Crippen molar-refractivity contribution in [2.24, 2.45) is 0 Å². The zero-order valence-electron chi connectivity index (χ0n) is 19.4. The van der Waals surface area contributed by atoms with Crippen LogP contribution in [0.3, 0.4) is 0 Å². The van der Waals surface area contributed by atoms with Gasteiger partial charge in [0.25, 0.3) is 0 Å². The van der Waals surface area contributed by atoms with Crippen molar-refractivity contribution in [1.82, 2.24) is 29.9 Å². The highest BCUT2D eigenvalue weighted by atomic mass is 35.5. The molecular formula is C23H22Cl2N6O4S. The van der Waals surface area contributed by atoms with Gasteiger partial charge in [0.05, 0.1) is 22.2 Å². The van der Waals surface area contributed by atoms with Crippen LogP contribution in [0.25, 0.3) is 5.69 Å². The molecule has 0 radical (unpaired) electrons.